The van der Waals surface area contributed by atoms with Gasteiger partial charge in [-0.3, -0.25) is 9.59 Å². The van der Waals surface area contributed by atoms with Crippen LogP contribution >= 0.6 is 0 Å². The van der Waals surface area contributed by atoms with E-state index in [9.17, 15) is 24.3 Å². The maximum absolute atomic E-state index is 12.5. The maximum atomic E-state index is 12.5. The topological polar surface area (TPSA) is 177 Å². The number of esters is 1. The van der Waals surface area contributed by atoms with Crippen LogP contribution in [-0.4, -0.2) is 74.5 Å². The molecule has 0 heterocycles. The maximum Gasteiger partial charge on any atom is 0.405 e. The van der Waals surface area contributed by atoms with Crippen LogP contribution in [0.3, 0.4) is 0 Å². The number of methoxy groups -OCH3 is 3. The van der Waals surface area contributed by atoms with E-state index >= 15 is 0 Å². The molecule has 0 saturated heterocycles. The molecule has 0 aromatic heterocycles. The number of hydrogen-bond donors (Lipinski definition) is 3. The predicted octanol–water partition coefficient (Wildman–Crippen LogP) is 2.83. The fourth-order valence-electron chi connectivity index (χ4n) is 4.59. The highest BCUT2D eigenvalue weighted by Crippen LogP contribution is 2.28. The number of ketones is 2. The first-order chi connectivity index (χ1) is 19.2. The van der Waals surface area contributed by atoms with E-state index in [0.717, 1.165) is 6.08 Å². The minimum absolute atomic E-state index is 0.0769. The summed E-state index contributed by atoms with van der Waals surface area (Å²) >= 11 is 0. The van der Waals surface area contributed by atoms with Crippen LogP contribution in [-0.2, 0) is 33.3 Å². The van der Waals surface area contributed by atoms with Crippen LogP contribution in [0.2, 0.25) is 0 Å². The van der Waals surface area contributed by atoms with E-state index in [1.54, 1.807) is 45.9 Å². The molecule has 228 valence electrons. The van der Waals surface area contributed by atoms with Crippen LogP contribution in [0.5, 0.6) is 0 Å². The van der Waals surface area contributed by atoms with Crippen molar-refractivity contribution in [1.82, 2.24) is 0 Å². The van der Waals surface area contributed by atoms with E-state index in [4.69, 9.17) is 25.7 Å². The molecule has 0 spiro atoms. The summed E-state index contributed by atoms with van der Waals surface area (Å²) < 4.78 is 21.1. The summed E-state index contributed by atoms with van der Waals surface area (Å²) in [6.07, 6.45) is 4.06. The fourth-order valence-corrected chi connectivity index (χ4v) is 4.59. The van der Waals surface area contributed by atoms with E-state index in [0.29, 0.717) is 35.1 Å². The standard InChI is InChI=1S/C30H44N2O9/c1-16(12-21-20(5)23(33)15-22(31)27(21)35)13-25(39-7)26(34)18(3)14-19(4)28(41-30(32)37)24(38-6)11-9-10-17(2)29(36)40-8/h9-11,14-16,18,24-26,28,34H,12-13,31H2,1-8H3,(H2,32,37)/b11-9-,17-10+,19-14+/t16-,18+,24+,25+,26-,28+/m1/s1. The van der Waals surface area contributed by atoms with Gasteiger partial charge in [0.2, 0.25) is 5.78 Å². The number of allylic oxidation sites excluding steroid dienone is 5. The average molecular weight is 577 g/mol. The Kier molecular flexibility index (Phi) is 14.4. The van der Waals surface area contributed by atoms with Gasteiger partial charge < -0.3 is 35.5 Å². The smallest absolute Gasteiger partial charge is 0.405 e. The van der Waals surface area contributed by atoms with Crippen molar-refractivity contribution in [3.63, 3.8) is 0 Å². The number of hydrogen-bond acceptors (Lipinski definition) is 10. The first-order valence-electron chi connectivity index (χ1n) is 13.3. The van der Waals surface area contributed by atoms with E-state index in [1.165, 1.54) is 27.4 Å². The second-order valence-electron chi connectivity index (χ2n) is 10.3. The number of amides is 1. The SMILES string of the molecule is COC(=O)/C(C)=C/C=C\[C@H](OC)[C@@H](OC(N)=O)/C(C)=C/[C@H](C)[C@@H](O)[C@H](C[C@H](C)CC1=C(C)C(=O)C=C(N)C1=O)OC. The molecule has 0 aromatic carbocycles. The van der Waals surface area contributed by atoms with Gasteiger partial charge in [0.25, 0.3) is 0 Å². The quantitative estimate of drug-likeness (QED) is 0.0863. The second-order valence-corrected chi connectivity index (χ2v) is 10.3. The van der Waals surface area contributed by atoms with Gasteiger partial charge in [0.05, 0.1) is 25.0 Å². The van der Waals surface area contributed by atoms with Crippen LogP contribution in [0.1, 0.15) is 47.5 Å². The van der Waals surface area contributed by atoms with Gasteiger partial charge in [0.15, 0.2) is 11.9 Å². The molecule has 1 aliphatic carbocycles. The zero-order valence-corrected chi connectivity index (χ0v) is 25.1. The van der Waals surface area contributed by atoms with Gasteiger partial charge in [-0.15, -0.1) is 0 Å². The molecule has 0 fully saturated rings. The molecule has 0 saturated carbocycles. The van der Waals surface area contributed by atoms with Crippen molar-refractivity contribution in [2.75, 3.05) is 21.3 Å². The van der Waals surface area contributed by atoms with Gasteiger partial charge in [-0.25, -0.2) is 9.59 Å². The summed E-state index contributed by atoms with van der Waals surface area (Å²) in [4.78, 5) is 47.9. The Morgan fingerprint density at radius 3 is 2.27 bits per heavy atom. The molecule has 1 aliphatic rings. The normalized spacial score (nSPS) is 19.4. The van der Waals surface area contributed by atoms with Gasteiger partial charge in [-0.2, -0.15) is 0 Å². The fraction of sp³-hybridized carbons (Fsp3) is 0.533. The largest absolute Gasteiger partial charge is 0.466 e. The van der Waals surface area contributed by atoms with Crippen molar-refractivity contribution in [3.8, 4) is 0 Å². The Labute approximate surface area is 241 Å². The third-order valence-electron chi connectivity index (χ3n) is 7.00. The highest BCUT2D eigenvalue weighted by atomic mass is 16.6. The van der Waals surface area contributed by atoms with E-state index in [1.807, 2.05) is 6.92 Å². The Hall–Kier alpha value is -3.54. The molecule has 41 heavy (non-hydrogen) atoms. The molecule has 11 heteroatoms. The number of Topliss-reactive ketones (excluding diaryl/α,β-unsaturated/α-hetero) is 1. The van der Waals surface area contributed by atoms with Crippen molar-refractivity contribution in [3.05, 3.63) is 58.4 Å². The van der Waals surface area contributed by atoms with Gasteiger partial charge in [0, 0.05) is 42.9 Å². The molecular formula is C30H44N2O9. The van der Waals surface area contributed by atoms with Crippen LogP contribution in [0.25, 0.3) is 0 Å². The van der Waals surface area contributed by atoms with Crippen molar-refractivity contribution in [2.24, 2.45) is 23.3 Å². The molecule has 5 N–H and O–H groups in total. The lowest BCUT2D eigenvalue weighted by atomic mass is 9.84. The van der Waals surface area contributed by atoms with Crippen molar-refractivity contribution >= 4 is 23.6 Å². The zero-order valence-electron chi connectivity index (χ0n) is 25.1. The summed E-state index contributed by atoms with van der Waals surface area (Å²) in [6.45, 7) is 8.60. The van der Waals surface area contributed by atoms with Gasteiger partial charge >= 0.3 is 12.1 Å². The number of carbonyl (C=O) groups is 4. The summed E-state index contributed by atoms with van der Waals surface area (Å²) in [6, 6.07) is 0. The lowest BCUT2D eigenvalue weighted by molar-refractivity contribution is -0.136. The molecular weight excluding hydrogens is 532 g/mol. The number of rotatable bonds is 15. The molecule has 1 rings (SSSR count). The second kappa shape index (κ2) is 16.7. The number of primary amides is 1. The Bertz CT molecular complexity index is 1130. The minimum Gasteiger partial charge on any atom is -0.466 e. The zero-order chi connectivity index (χ0) is 31.4. The molecule has 1 amide bonds. The summed E-state index contributed by atoms with van der Waals surface area (Å²) in [7, 11) is 4.20. The summed E-state index contributed by atoms with van der Waals surface area (Å²) in [5.74, 6) is -1.69. The molecule has 11 nitrogen and oxygen atoms in total. The number of nitrogens with two attached hydrogens (primary N) is 2. The van der Waals surface area contributed by atoms with Gasteiger partial charge in [-0.1, -0.05) is 38.2 Å². The van der Waals surface area contributed by atoms with E-state index in [2.05, 4.69) is 4.74 Å². The van der Waals surface area contributed by atoms with Crippen LogP contribution in [0.15, 0.2) is 58.4 Å². The van der Waals surface area contributed by atoms with Crippen molar-refractivity contribution < 1.29 is 43.2 Å². The number of aliphatic hydroxyl groups excluding tert-OH is 1. The van der Waals surface area contributed by atoms with Crippen molar-refractivity contribution in [1.29, 1.82) is 0 Å². The van der Waals surface area contributed by atoms with Crippen molar-refractivity contribution in [2.45, 2.75) is 71.9 Å². The minimum atomic E-state index is -1.01. The summed E-state index contributed by atoms with van der Waals surface area (Å²) in [5, 5.41) is 11.1. The predicted molar refractivity (Wildman–Crippen MR) is 153 cm³/mol. The van der Waals surface area contributed by atoms with E-state index < -0.39 is 42.4 Å². The molecule has 0 bridgehead atoms. The van der Waals surface area contributed by atoms with Gasteiger partial charge in [-0.05, 0) is 45.1 Å². The number of carbonyl (C=O) groups excluding carboxylic acids is 4. The van der Waals surface area contributed by atoms with E-state index in [-0.39, 0.29) is 23.2 Å². The number of ether oxygens (including phenoxy) is 4. The molecule has 0 aromatic rings. The van der Waals surface area contributed by atoms with Gasteiger partial charge in [0.1, 0.15) is 6.10 Å². The highest BCUT2D eigenvalue weighted by molar-refractivity contribution is 6.22. The highest BCUT2D eigenvalue weighted by Gasteiger charge is 2.31. The Morgan fingerprint density at radius 1 is 1.10 bits per heavy atom. The Balaban J connectivity index is 3.08. The van der Waals surface area contributed by atoms with Crippen LogP contribution in [0.4, 0.5) is 4.79 Å². The third kappa shape index (κ3) is 10.4. The Morgan fingerprint density at radius 2 is 1.73 bits per heavy atom. The molecule has 0 unspecified atom stereocenters. The molecule has 0 aliphatic heterocycles. The average Bonchev–Trinajstić information content (AvgIpc) is 2.92. The third-order valence-corrected chi connectivity index (χ3v) is 7.00. The molecule has 0 radical (unpaired) electrons. The first kappa shape index (κ1) is 35.5. The van der Waals surface area contributed by atoms with Crippen LogP contribution in [0, 0.1) is 11.8 Å². The number of aliphatic hydroxyl groups is 1. The van der Waals surface area contributed by atoms with Crippen LogP contribution < -0.4 is 11.5 Å². The monoisotopic (exact) mass is 576 g/mol. The summed E-state index contributed by atoms with van der Waals surface area (Å²) in [5.41, 5.74) is 12.6. The molecule has 6 atom stereocenters. The lowest BCUT2D eigenvalue weighted by Gasteiger charge is -2.29. The first-order valence-corrected chi connectivity index (χ1v) is 13.3. The lowest BCUT2D eigenvalue weighted by Crippen LogP contribution is -2.37.